The SMILES string of the molecule is C1=NCC2(CCCCC2)n2c1cc1cnc(N[C@H]3CCCNC3)nc12.CC(C)(C)OC(=O)N1CCC[C@H](N)C1.CC(C)(C)OC(=O)N1CCC[C@H](Nc2ncc3cc4n(c3n2)C2(CCCCC2)CN=C4)C1.CC(C)(C)OC(=O)NCC1(n2c(C=O)cc3cnc(Cl)nc32)CCCCC1.Clc1ncc2cc3n(c2n1)C1(CCCCC1)CN=C3. The van der Waals surface area contributed by atoms with E-state index in [2.05, 4.69) is 93.1 Å². The van der Waals surface area contributed by atoms with E-state index in [1.165, 1.54) is 102 Å². The third-order valence-electron chi connectivity index (χ3n) is 24.3. The quantitative estimate of drug-likeness (QED) is 0.0536. The summed E-state index contributed by atoms with van der Waals surface area (Å²) in [6, 6.07) is 8.87. The first kappa shape index (κ1) is 84.5. The number of nitrogens with zero attached hydrogens (tertiary/aromatic N) is 17. The number of aromatic nitrogens is 12. The first-order chi connectivity index (χ1) is 56.1. The van der Waals surface area contributed by atoms with Crippen molar-refractivity contribution in [3.8, 4) is 0 Å². The maximum atomic E-state index is 12.5. The molecule has 3 saturated heterocycles. The lowest BCUT2D eigenvalue weighted by molar-refractivity contribution is 0.0193. The van der Waals surface area contributed by atoms with Crippen molar-refractivity contribution in [2.75, 3.05) is 76.1 Å². The fraction of sp³-hybridized carbons (Fsp3) is 0.640. The number of carbonyl (C=O) groups is 4. The molecule has 7 fully saturated rings. The van der Waals surface area contributed by atoms with Crippen LogP contribution in [0.5, 0.6) is 0 Å². The van der Waals surface area contributed by atoms with Crippen molar-refractivity contribution in [1.82, 2.24) is 78.6 Å². The lowest BCUT2D eigenvalue weighted by Crippen LogP contribution is -2.48. The van der Waals surface area contributed by atoms with Gasteiger partial charge >= 0.3 is 18.3 Å². The van der Waals surface area contributed by atoms with Crippen LogP contribution in [0.15, 0.2) is 64.0 Å². The van der Waals surface area contributed by atoms with E-state index in [0.29, 0.717) is 48.2 Å². The number of likely N-dealkylation sites (tertiary alicyclic amines) is 2. The number of hydrogen-bond acceptors (Lipinski definition) is 22. The zero-order chi connectivity index (χ0) is 82.3. The molecule has 6 aliphatic heterocycles. The summed E-state index contributed by atoms with van der Waals surface area (Å²) < 4.78 is 25.4. The molecule has 6 N–H and O–H groups in total. The molecule has 117 heavy (non-hydrogen) atoms. The molecular formula is C86H120Cl2N22O7. The first-order valence-corrected chi connectivity index (χ1v) is 43.6. The number of anilines is 2. The Morgan fingerprint density at radius 2 is 0.897 bits per heavy atom. The summed E-state index contributed by atoms with van der Waals surface area (Å²) in [5.41, 5.74) is 11.7. The Morgan fingerprint density at radius 3 is 1.33 bits per heavy atom. The van der Waals surface area contributed by atoms with Gasteiger partial charge in [0.2, 0.25) is 22.5 Å². The van der Waals surface area contributed by atoms with E-state index >= 15 is 0 Å². The van der Waals surface area contributed by atoms with Crippen molar-refractivity contribution in [3.63, 3.8) is 0 Å². The van der Waals surface area contributed by atoms with Crippen LogP contribution in [0.25, 0.3) is 44.1 Å². The number of piperidine rings is 3. The maximum Gasteiger partial charge on any atom is 0.410 e. The Labute approximate surface area is 696 Å². The van der Waals surface area contributed by atoms with Gasteiger partial charge in [0, 0.05) is 122 Å². The Hall–Kier alpha value is -8.93. The van der Waals surface area contributed by atoms with Gasteiger partial charge in [-0.05, 0) is 206 Å². The van der Waals surface area contributed by atoms with Crippen molar-refractivity contribution in [3.05, 3.63) is 82.4 Å². The summed E-state index contributed by atoms with van der Waals surface area (Å²) in [7, 11) is 0. The largest absolute Gasteiger partial charge is 0.444 e. The summed E-state index contributed by atoms with van der Waals surface area (Å²) in [6.07, 6.45) is 42.8. The van der Waals surface area contributed by atoms with Crippen molar-refractivity contribution in [1.29, 1.82) is 0 Å². The van der Waals surface area contributed by atoms with Gasteiger partial charge in [0.15, 0.2) is 6.29 Å². The molecule has 4 aliphatic carbocycles. The van der Waals surface area contributed by atoms with Gasteiger partial charge in [-0.25, -0.2) is 34.3 Å². The minimum Gasteiger partial charge on any atom is -0.444 e. The van der Waals surface area contributed by atoms with Crippen molar-refractivity contribution >= 4 is 122 Å². The van der Waals surface area contributed by atoms with E-state index < -0.39 is 28.4 Å². The van der Waals surface area contributed by atoms with Crippen LogP contribution < -0.4 is 27.0 Å². The number of rotatable bonds is 8. The summed E-state index contributed by atoms with van der Waals surface area (Å²) >= 11 is 12.0. The highest BCUT2D eigenvalue weighted by atomic mass is 35.5. The fourth-order valence-electron chi connectivity index (χ4n) is 19.1. The van der Waals surface area contributed by atoms with E-state index in [1.807, 2.05) is 97.9 Å². The molecule has 31 heteroatoms. The standard InChI is InChI=1S/C24H34N6O2.C19H25ClN4O3.C19H26N6.C14H15ClN4.C10H20N2O2/c1-23(2,3)32-22(31)29-11-7-8-18(15-29)27-21-26-13-17-12-19-14-25-16-24(9-5-4-6-10-24)30(19)20(17)28-21;1-18(2,3)27-17(26)22-12-19(7-5-4-6-8-19)24-14(11-25)9-13-10-21-16(20)23-15(13)24;1-2-6-19(7-3-1)13-21-12-16-9-14-10-22-18(24-17(14)25(16)19)23-15-5-4-8-20-11-15;15-13-17-7-10-6-11-8-16-9-14(4-2-1-3-5-14)19(11)12(10)18-13;1-10(2,3)14-9(13)12-6-4-5-8(11)7-12/h12-14,18H,4-11,15-16H2,1-3H3,(H,26,27,28);9-11H,4-8,12H2,1-3H3,(H,22,26);9-10,12,15,20H,1-8,11,13H2,(H,22,23,24);6-8H,1-5,9H2;8H,4-7,11H2,1-3H3/t18-;;15-;;8-/m0.0.0/s1. The second-order valence-corrected chi connectivity index (χ2v) is 37.5. The number of halogens is 2. The highest BCUT2D eigenvalue weighted by Crippen LogP contribution is 2.45. The molecule has 630 valence electrons. The summed E-state index contributed by atoms with van der Waals surface area (Å²) in [5.74, 6) is 1.39. The molecule has 0 unspecified atom stereocenters. The lowest BCUT2D eigenvalue weighted by atomic mass is 9.80. The monoisotopic (exact) mass is 1640 g/mol. The van der Waals surface area contributed by atoms with Crippen molar-refractivity contribution in [2.24, 2.45) is 20.7 Å². The highest BCUT2D eigenvalue weighted by Gasteiger charge is 2.43. The average Bonchev–Trinajstić information content (AvgIpc) is 1.62. The zero-order valence-electron chi connectivity index (χ0n) is 69.9. The molecule has 3 amide bonds. The Balaban J connectivity index is 0.000000123. The number of hydrogen-bond donors (Lipinski definition) is 5. The summed E-state index contributed by atoms with van der Waals surface area (Å²) in [5, 5.41) is 17.8. The van der Waals surface area contributed by atoms with E-state index in [0.717, 1.165) is 179 Å². The van der Waals surface area contributed by atoms with Gasteiger partial charge in [0.05, 0.1) is 64.6 Å². The normalized spacial score (nSPS) is 21.7. The van der Waals surface area contributed by atoms with Gasteiger partial charge in [-0.3, -0.25) is 19.8 Å². The number of nitrogens with two attached hydrogens (primary N) is 1. The number of fused-ring (bicyclic) bond motifs is 13. The molecule has 3 spiro atoms. The minimum absolute atomic E-state index is 0.0497. The van der Waals surface area contributed by atoms with E-state index in [4.69, 9.17) is 58.1 Å². The third-order valence-corrected chi connectivity index (χ3v) is 24.7. The molecule has 8 aromatic heterocycles. The second-order valence-electron chi connectivity index (χ2n) is 36.8. The predicted octanol–water partition coefficient (Wildman–Crippen LogP) is 15.6. The van der Waals surface area contributed by atoms with Gasteiger partial charge in [0.1, 0.15) is 39.4 Å². The molecule has 8 aromatic rings. The third kappa shape index (κ3) is 20.0. The van der Waals surface area contributed by atoms with E-state index in [9.17, 15) is 19.2 Å². The zero-order valence-corrected chi connectivity index (χ0v) is 71.4. The Bertz CT molecular complexity index is 4920. The minimum atomic E-state index is -0.571. The number of aliphatic imine (C=N–C) groups is 3. The first-order valence-electron chi connectivity index (χ1n) is 42.8. The fourth-order valence-corrected chi connectivity index (χ4v) is 19.3. The van der Waals surface area contributed by atoms with Crippen molar-refractivity contribution in [2.45, 2.75) is 286 Å². The van der Waals surface area contributed by atoms with Gasteiger partial charge in [-0.1, -0.05) is 77.0 Å². The van der Waals surface area contributed by atoms with E-state index in [1.54, 1.807) is 28.3 Å². The smallest absolute Gasteiger partial charge is 0.410 e. The lowest BCUT2D eigenvalue weighted by Gasteiger charge is -2.40. The average molecular weight is 1640 g/mol. The molecule has 10 aliphatic rings. The molecule has 4 saturated carbocycles. The van der Waals surface area contributed by atoms with Gasteiger partial charge < -0.3 is 69.3 Å². The van der Waals surface area contributed by atoms with Crippen LogP contribution >= 0.6 is 23.2 Å². The molecule has 0 aromatic carbocycles. The molecule has 0 radical (unpaired) electrons. The number of aldehydes is 1. The molecular weight excluding hydrogens is 1520 g/mol. The summed E-state index contributed by atoms with van der Waals surface area (Å²) in [6.45, 7) is 24.5. The van der Waals surface area contributed by atoms with Gasteiger partial charge in [-0.2, -0.15) is 19.9 Å². The Kier molecular flexibility index (Phi) is 26.0. The van der Waals surface area contributed by atoms with Crippen molar-refractivity contribution < 1.29 is 33.4 Å². The van der Waals surface area contributed by atoms with Gasteiger partial charge in [-0.15, -0.1) is 0 Å². The van der Waals surface area contributed by atoms with E-state index in [-0.39, 0.29) is 46.2 Å². The van der Waals surface area contributed by atoms with Crippen LogP contribution in [-0.4, -0.2) is 212 Å². The topological polar surface area (TPSA) is 337 Å². The highest BCUT2D eigenvalue weighted by molar-refractivity contribution is 6.28. The molecule has 18 rings (SSSR count). The molecule has 14 heterocycles. The van der Waals surface area contributed by atoms with Crippen LogP contribution in [0.3, 0.4) is 0 Å². The number of carbonyl (C=O) groups excluding carboxylic acids is 4. The predicted molar refractivity (Wildman–Crippen MR) is 460 cm³/mol. The maximum absolute atomic E-state index is 12.5. The number of ether oxygens (including phenoxy) is 3. The van der Waals surface area contributed by atoms with Crippen LogP contribution in [0, 0.1) is 0 Å². The van der Waals surface area contributed by atoms with Gasteiger partial charge in [0.25, 0.3) is 0 Å². The number of nitrogens with one attached hydrogen (secondary N) is 4. The number of alkyl carbamates (subject to hydrolysis) is 1. The summed E-state index contributed by atoms with van der Waals surface area (Å²) in [4.78, 5) is 102. The Morgan fingerprint density at radius 1 is 0.496 bits per heavy atom. The molecule has 0 bridgehead atoms. The molecule has 29 nitrogen and oxygen atoms in total. The molecule has 3 atom stereocenters. The van der Waals surface area contributed by atoms with Crippen LogP contribution in [-0.2, 0) is 36.4 Å². The van der Waals surface area contributed by atoms with Crippen LogP contribution in [0.2, 0.25) is 10.6 Å². The number of amides is 3. The second kappa shape index (κ2) is 35.9. The van der Waals surface area contributed by atoms with Crippen LogP contribution in [0.1, 0.15) is 257 Å². The van der Waals surface area contributed by atoms with Crippen LogP contribution in [0.4, 0.5) is 26.3 Å².